The predicted molar refractivity (Wildman–Crippen MR) is 71.7 cm³/mol. The van der Waals surface area contributed by atoms with Crippen LogP contribution in [0.1, 0.15) is 13.8 Å². The molecule has 0 aliphatic rings. The van der Waals surface area contributed by atoms with Crippen molar-refractivity contribution in [2.24, 2.45) is 17.3 Å². The number of fused-ring (bicyclic) bond motifs is 1. The lowest BCUT2D eigenvalue weighted by molar-refractivity contribution is 0.415. The molecule has 0 saturated heterocycles. The van der Waals surface area contributed by atoms with Crippen LogP contribution in [0.2, 0.25) is 0 Å². The first-order valence-corrected chi connectivity index (χ1v) is 6.12. The summed E-state index contributed by atoms with van der Waals surface area (Å²) >= 11 is 1.62. The molecule has 0 unspecified atom stereocenters. The van der Waals surface area contributed by atoms with E-state index in [1.165, 1.54) is 4.70 Å². The largest absolute Gasteiger partial charge is 0.497 e. The topological polar surface area (TPSA) is 38.9 Å². The summed E-state index contributed by atoms with van der Waals surface area (Å²) in [6, 6.07) is 6.00. The van der Waals surface area contributed by atoms with E-state index in [4.69, 9.17) is 4.74 Å². The lowest BCUT2D eigenvalue weighted by Gasteiger charge is -1.99. The highest BCUT2D eigenvalue weighted by Gasteiger charge is 2.03. The van der Waals surface area contributed by atoms with Gasteiger partial charge in [-0.15, -0.1) is 5.10 Å². The van der Waals surface area contributed by atoms with Gasteiger partial charge in [0.25, 0.3) is 0 Å². The SMILES string of the molecule is COc1ccc2sc(=NN=C(C)C)n(C)c2c1. The van der Waals surface area contributed by atoms with Gasteiger partial charge in [-0.1, -0.05) is 11.3 Å². The van der Waals surface area contributed by atoms with E-state index >= 15 is 0 Å². The van der Waals surface area contributed by atoms with E-state index in [1.54, 1.807) is 18.4 Å². The minimum atomic E-state index is 0.854. The van der Waals surface area contributed by atoms with Gasteiger partial charge in [-0.25, -0.2) is 0 Å². The van der Waals surface area contributed by atoms with Crippen LogP contribution in [-0.2, 0) is 7.05 Å². The molecule has 4 nitrogen and oxygen atoms in total. The van der Waals surface area contributed by atoms with Crippen molar-refractivity contribution in [3.05, 3.63) is 23.0 Å². The molecule has 0 aliphatic heterocycles. The van der Waals surface area contributed by atoms with E-state index in [2.05, 4.69) is 10.2 Å². The predicted octanol–water partition coefficient (Wildman–Crippen LogP) is 2.54. The fraction of sp³-hybridized carbons (Fsp3) is 0.333. The number of hydrogen-bond donors (Lipinski definition) is 0. The van der Waals surface area contributed by atoms with Crippen molar-refractivity contribution < 1.29 is 4.74 Å². The van der Waals surface area contributed by atoms with Crippen molar-refractivity contribution in [3.63, 3.8) is 0 Å². The molecule has 1 heterocycles. The van der Waals surface area contributed by atoms with Crippen molar-refractivity contribution in [1.29, 1.82) is 0 Å². The van der Waals surface area contributed by atoms with Gasteiger partial charge in [0.15, 0.2) is 0 Å². The Bertz CT molecular complexity index is 633. The second-order valence-electron chi connectivity index (χ2n) is 3.92. The van der Waals surface area contributed by atoms with E-state index in [-0.39, 0.29) is 0 Å². The Hall–Kier alpha value is -1.62. The highest BCUT2D eigenvalue weighted by atomic mass is 32.1. The molecule has 0 fully saturated rings. The number of rotatable bonds is 2. The number of ether oxygens (including phenoxy) is 1. The molecule has 90 valence electrons. The molecule has 2 aromatic rings. The molecule has 0 N–H and O–H groups in total. The van der Waals surface area contributed by atoms with Gasteiger partial charge in [-0.3, -0.25) is 0 Å². The molecule has 0 spiro atoms. The zero-order chi connectivity index (χ0) is 12.4. The van der Waals surface area contributed by atoms with Crippen molar-refractivity contribution >= 4 is 27.3 Å². The number of aryl methyl sites for hydroxylation is 1. The lowest BCUT2D eigenvalue weighted by atomic mass is 10.3. The fourth-order valence-electron chi connectivity index (χ4n) is 1.47. The van der Waals surface area contributed by atoms with Crippen molar-refractivity contribution in [2.75, 3.05) is 7.11 Å². The van der Waals surface area contributed by atoms with Crippen LogP contribution >= 0.6 is 11.3 Å². The Morgan fingerprint density at radius 3 is 2.76 bits per heavy atom. The Morgan fingerprint density at radius 2 is 2.12 bits per heavy atom. The second-order valence-corrected chi connectivity index (χ2v) is 4.93. The molecular formula is C12H15N3OS. The maximum Gasteiger partial charge on any atom is 0.211 e. The Labute approximate surface area is 104 Å². The second kappa shape index (κ2) is 4.71. The van der Waals surface area contributed by atoms with E-state index in [0.29, 0.717) is 0 Å². The molecule has 0 radical (unpaired) electrons. The minimum absolute atomic E-state index is 0.854. The average molecular weight is 249 g/mol. The number of benzene rings is 1. The Morgan fingerprint density at radius 1 is 1.35 bits per heavy atom. The summed E-state index contributed by atoms with van der Waals surface area (Å²) in [6.45, 7) is 3.86. The summed E-state index contributed by atoms with van der Waals surface area (Å²) < 4.78 is 8.42. The fourth-order valence-corrected chi connectivity index (χ4v) is 2.42. The summed E-state index contributed by atoms with van der Waals surface area (Å²) in [6.07, 6.45) is 0. The van der Waals surface area contributed by atoms with Gasteiger partial charge < -0.3 is 9.30 Å². The van der Waals surface area contributed by atoms with Gasteiger partial charge in [0.2, 0.25) is 4.80 Å². The van der Waals surface area contributed by atoms with Crippen LogP contribution in [0, 0.1) is 0 Å². The molecule has 1 aromatic carbocycles. The van der Waals surface area contributed by atoms with Gasteiger partial charge in [0.05, 0.1) is 17.3 Å². The van der Waals surface area contributed by atoms with Gasteiger partial charge in [0.1, 0.15) is 5.75 Å². The van der Waals surface area contributed by atoms with Crippen LogP contribution in [0.15, 0.2) is 28.4 Å². The molecule has 0 atom stereocenters. The highest BCUT2D eigenvalue weighted by Crippen LogP contribution is 2.22. The average Bonchev–Trinajstić information content (AvgIpc) is 2.63. The number of aromatic nitrogens is 1. The first-order valence-electron chi connectivity index (χ1n) is 5.30. The first-order chi connectivity index (χ1) is 8.11. The van der Waals surface area contributed by atoms with Crippen molar-refractivity contribution in [1.82, 2.24) is 4.57 Å². The van der Waals surface area contributed by atoms with Gasteiger partial charge in [0, 0.05) is 18.8 Å². The van der Waals surface area contributed by atoms with Crippen LogP contribution in [0.4, 0.5) is 0 Å². The van der Waals surface area contributed by atoms with Gasteiger partial charge in [-0.2, -0.15) is 5.10 Å². The van der Waals surface area contributed by atoms with Crippen LogP contribution in [0.3, 0.4) is 0 Å². The Balaban J connectivity index is 2.65. The van der Waals surface area contributed by atoms with Crippen LogP contribution in [-0.4, -0.2) is 17.4 Å². The van der Waals surface area contributed by atoms with Crippen LogP contribution in [0.5, 0.6) is 5.75 Å². The lowest BCUT2D eigenvalue weighted by Crippen LogP contribution is -2.09. The quantitative estimate of drug-likeness (QED) is 0.595. The molecule has 17 heavy (non-hydrogen) atoms. The molecule has 0 saturated carbocycles. The van der Waals surface area contributed by atoms with Crippen molar-refractivity contribution in [3.8, 4) is 5.75 Å². The molecule has 0 amide bonds. The zero-order valence-electron chi connectivity index (χ0n) is 10.4. The normalized spacial score (nSPS) is 11.9. The summed E-state index contributed by atoms with van der Waals surface area (Å²) in [5.74, 6) is 0.854. The Kier molecular flexibility index (Phi) is 3.28. The number of thiazole rings is 1. The van der Waals surface area contributed by atoms with Crippen LogP contribution in [0.25, 0.3) is 10.2 Å². The molecular weight excluding hydrogens is 234 g/mol. The third kappa shape index (κ3) is 2.39. The van der Waals surface area contributed by atoms with E-state index in [0.717, 1.165) is 21.8 Å². The summed E-state index contributed by atoms with van der Waals surface area (Å²) in [5, 5.41) is 8.32. The molecule has 2 rings (SSSR count). The van der Waals surface area contributed by atoms with E-state index in [9.17, 15) is 0 Å². The zero-order valence-corrected chi connectivity index (χ0v) is 11.2. The van der Waals surface area contributed by atoms with Crippen LogP contribution < -0.4 is 9.54 Å². The standard InChI is InChI=1S/C12H15N3OS/c1-8(2)13-14-12-15(3)10-7-9(16-4)5-6-11(10)17-12/h5-7H,1-4H3. The first kappa shape index (κ1) is 11.9. The van der Waals surface area contributed by atoms with E-state index in [1.807, 2.05) is 43.7 Å². The molecule has 1 aromatic heterocycles. The smallest absolute Gasteiger partial charge is 0.211 e. The highest BCUT2D eigenvalue weighted by molar-refractivity contribution is 7.16. The molecule has 5 heteroatoms. The maximum atomic E-state index is 5.22. The number of methoxy groups -OCH3 is 1. The minimum Gasteiger partial charge on any atom is -0.497 e. The summed E-state index contributed by atoms with van der Waals surface area (Å²) in [4.78, 5) is 0.884. The van der Waals surface area contributed by atoms with Crippen molar-refractivity contribution in [2.45, 2.75) is 13.8 Å². The van der Waals surface area contributed by atoms with Gasteiger partial charge >= 0.3 is 0 Å². The summed E-state index contributed by atoms with van der Waals surface area (Å²) in [5.41, 5.74) is 2.05. The third-order valence-corrected chi connectivity index (χ3v) is 3.45. The van der Waals surface area contributed by atoms with E-state index < -0.39 is 0 Å². The number of hydrogen-bond acceptors (Lipinski definition) is 4. The monoisotopic (exact) mass is 249 g/mol. The van der Waals surface area contributed by atoms with Gasteiger partial charge in [-0.05, 0) is 26.0 Å². The molecule has 0 bridgehead atoms. The maximum absolute atomic E-state index is 5.22. The summed E-state index contributed by atoms with van der Waals surface area (Å²) in [7, 11) is 3.65. The third-order valence-electron chi connectivity index (χ3n) is 2.35. The molecule has 0 aliphatic carbocycles. The number of nitrogens with zero attached hydrogens (tertiary/aromatic N) is 3.